The van der Waals surface area contributed by atoms with Crippen molar-refractivity contribution in [1.29, 1.82) is 0 Å². The van der Waals surface area contributed by atoms with E-state index in [9.17, 15) is 4.79 Å². The maximum atomic E-state index is 12.7. The quantitative estimate of drug-likeness (QED) is 0.707. The highest BCUT2D eigenvalue weighted by Crippen LogP contribution is 2.19. The van der Waals surface area contributed by atoms with Crippen LogP contribution in [0.3, 0.4) is 0 Å². The molecule has 0 radical (unpaired) electrons. The Kier molecular flexibility index (Phi) is 4.69. The summed E-state index contributed by atoms with van der Waals surface area (Å²) in [4.78, 5) is 19.6. The minimum atomic E-state index is -0.600. The van der Waals surface area contributed by atoms with Crippen LogP contribution in [0.2, 0.25) is 0 Å². The Balaban J connectivity index is 1.76. The molecule has 3 aromatic rings. The number of carbonyl (C=O) groups excluding carboxylic acids is 1. The molecular weight excluding hydrogens is 320 g/mol. The number of pyridine rings is 1. The summed E-state index contributed by atoms with van der Waals surface area (Å²) in [6, 6.07) is 12.4. The third kappa shape index (κ3) is 3.47. The van der Waals surface area contributed by atoms with E-state index < -0.39 is 6.04 Å². The third-order valence-electron chi connectivity index (χ3n) is 3.81. The molecule has 1 aromatic carbocycles. The summed E-state index contributed by atoms with van der Waals surface area (Å²) in [6.07, 6.45) is 1.58. The molecule has 0 saturated carbocycles. The number of benzene rings is 1. The highest BCUT2D eigenvalue weighted by molar-refractivity contribution is 5.95. The molecule has 0 aliphatic carbocycles. The molecule has 0 spiro atoms. The molecule has 0 saturated heterocycles. The number of hydrogen-bond acceptors (Lipinski definition) is 6. The third-order valence-corrected chi connectivity index (χ3v) is 3.81. The van der Waals surface area contributed by atoms with E-state index in [2.05, 4.69) is 20.4 Å². The lowest BCUT2D eigenvalue weighted by Crippen LogP contribution is -2.34. The minimum absolute atomic E-state index is 0.177. The summed E-state index contributed by atoms with van der Waals surface area (Å²) in [7, 11) is 3.22. The molecule has 8 nitrogen and oxygen atoms in total. The number of amides is 1. The van der Waals surface area contributed by atoms with Crippen LogP contribution >= 0.6 is 0 Å². The van der Waals surface area contributed by atoms with Gasteiger partial charge >= 0.3 is 0 Å². The molecule has 0 bridgehead atoms. The van der Waals surface area contributed by atoms with Gasteiger partial charge in [-0.05, 0) is 18.2 Å². The van der Waals surface area contributed by atoms with E-state index in [4.69, 9.17) is 4.74 Å². The van der Waals surface area contributed by atoms with Crippen molar-refractivity contribution in [1.82, 2.24) is 25.2 Å². The van der Waals surface area contributed by atoms with Gasteiger partial charge in [0.1, 0.15) is 6.04 Å². The van der Waals surface area contributed by atoms with Gasteiger partial charge in [0.25, 0.3) is 5.91 Å². The number of tetrazole rings is 1. The fraction of sp³-hybridized carbons (Fsp3) is 0.235. The number of ether oxygens (including phenoxy) is 1. The largest absolute Gasteiger partial charge is 0.481 e. The molecule has 1 atom stereocenters. The van der Waals surface area contributed by atoms with Crippen LogP contribution in [0.5, 0.6) is 5.88 Å². The number of hydrogen-bond donors (Lipinski definition) is 0. The Hall–Kier alpha value is -3.29. The zero-order chi connectivity index (χ0) is 17.8. The number of methoxy groups -OCH3 is 1. The Morgan fingerprint density at radius 2 is 1.96 bits per heavy atom. The van der Waals surface area contributed by atoms with Gasteiger partial charge in [-0.25, -0.2) is 4.98 Å². The number of rotatable bonds is 5. The minimum Gasteiger partial charge on any atom is -0.481 e. The Morgan fingerprint density at radius 1 is 1.20 bits per heavy atom. The summed E-state index contributed by atoms with van der Waals surface area (Å²) < 4.78 is 5.02. The molecule has 0 fully saturated rings. The zero-order valence-electron chi connectivity index (χ0n) is 14.2. The van der Waals surface area contributed by atoms with Crippen LogP contribution < -0.4 is 9.64 Å². The van der Waals surface area contributed by atoms with E-state index in [1.807, 2.05) is 30.3 Å². The van der Waals surface area contributed by atoms with Crippen LogP contribution in [0.25, 0.3) is 11.4 Å². The molecule has 1 unspecified atom stereocenters. The van der Waals surface area contributed by atoms with Gasteiger partial charge in [0, 0.05) is 18.7 Å². The van der Waals surface area contributed by atoms with Crippen LogP contribution in [0, 0.1) is 0 Å². The second-order valence-electron chi connectivity index (χ2n) is 5.43. The molecule has 2 aromatic heterocycles. The van der Waals surface area contributed by atoms with Crippen molar-refractivity contribution in [3.8, 4) is 17.3 Å². The molecule has 3 rings (SSSR count). The number of likely N-dealkylation sites (N-methyl/N-ethyl adjacent to an activating group) is 1. The van der Waals surface area contributed by atoms with E-state index in [1.165, 1.54) is 9.70 Å². The van der Waals surface area contributed by atoms with Crippen molar-refractivity contribution in [2.75, 3.05) is 19.1 Å². The number of nitrogens with zero attached hydrogens (tertiary/aromatic N) is 6. The van der Waals surface area contributed by atoms with Crippen LogP contribution in [0.1, 0.15) is 13.0 Å². The van der Waals surface area contributed by atoms with Crippen molar-refractivity contribution in [2.24, 2.45) is 0 Å². The average Bonchev–Trinajstić information content (AvgIpc) is 3.17. The predicted molar refractivity (Wildman–Crippen MR) is 92.2 cm³/mol. The molecule has 0 N–H and O–H groups in total. The first kappa shape index (κ1) is 16.6. The van der Waals surface area contributed by atoms with Crippen LogP contribution in [0.4, 0.5) is 5.69 Å². The summed E-state index contributed by atoms with van der Waals surface area (Å²) >= 11 is 0. The van der Waals surface area contributed by atoms with Crippen molar-refractivity contribution < 1.29 is 9.53 Å². The maximum Gasteiger partial charge on any atom is 0.253 e. The van der Waals surface area contributed by atoms with E-state index in [0.717, 1.165) is 5.56 Å². The smallest absolute Gasteiger partial charge is 0.253 e. The Labute approximate surface area is 145 Å². The average molecular weight is 338 g/mol. The monoisotopic (exact) mass is 338 g/mol. The van der Waals surface area contributed by atoms with Crippen molar-refractivity contribution in [3.05, 3.63) is 48.7 Å². The molecule has 25 heavy (non-hydrogen) atoms. The Morgan fingerprint density at radius 3 is 2.60 bits per heavy atom. The van der Waals surface area contributed by atoms with Gasteiger partial charge in [0.15, 0.2) is 0 Å². The van der Waals surface area contributed by atoms with Crippen molar-refractivity contribution >= 4 is 11.6 Å². The van der Waals surface area contributed by atoms with Gasteiger partial charge in [-0.2, -0.15) is 4.80 Å². The molecule has 128 valence electrons. The van der Waals surface area contributed by atoms with Gasteiger partial charge in [0.2, 0.25) is 11.7 Å². The lowest BCUT2D eigenvalue weighted by molar-refractivity contribution is -0.121. The zero-order valence-corrected chi connectivity index (χ0v) is 14.2. The predicted octanol–water partition coefficient (Wildman–Crippen LogP) is 1.97. The van der Waals surface area contributed by atoms with E-state index in [0.29, 0.717) is 17.4 Å². The first-order valence-electron chi connectivity index (χ1n) is 7.72. The fourth-order valence-electron chi connectivity index (χ4n) is 2.29. The molecule has 0 aliphatic heterocycles. The Bertz CT molecular complexity index is 847. The van der Waals surface area contributed by atoms with Crippen molar-refractivity contribution in [2.45, 2.75) is 13.0 Å². The summed E-state index contributed by atoms with van der Waals surface area (Å²) in [5.41, 5.74) is 1.50. The normalized spacial score (nSPS) is 11.8. The topological polar surface area (TPSA) is 86.0 Å². The second kappa shape index (κ2) is 7.08. The number of aromatic nitrogens is 5. The first-order chi connectivity index (χ1) is 12.1. The standard InChI is InChI=1S/C17H18N6O2/c1-12(17(24)22(2)14-9-10-15(25-3)18-11-14)23-20-16(19-21-23)13-7-5-4-6-8-13/h4-12H,1-3H3. The van der Waals surface area contributed by atoms with Crippen molar-refractivity contribution in [3.63, 3.8) is 0 Å². The van der Waals surface area contributed by atoms with Gasteiger partial charge in [0.05, 0.1) is 19.0 Å². The molecule has 0 aliphatic rings. The van der Waals surface area contributed by atoms with Gasteiger partial charge < -0.3 is 9.64 Å². The van der Waals surface area contributed by atoms with E-state index >= 15 is 0 Å². The fourth-order valence-corrected chi connectivity index (χ4v) is 2.29. The van der Waals surface area contributed by atoms with E-state index in [-0.39, 0.29) is 5.91 Å². The second-order valence-corrected chi connectivity index (χ2v) is 5.43. The lowest BCUT2D eigenvalue weighted by Gasteiger charge is -2.20. The lowest BCUT2D eigenvalue weighted by atomic mass is 10.2. The van der Waals surface area contributed by atoms with Gasteiger partial charge in [-0.1, -0.05) is 30.3 Å². The number of carbonyl (C=O) groups is 1. The van der Waals surface area contributed by atoms with Gasteiger partial charge in [-0.15, -0.1) is 10.2 Å². The number of anilines is 1. The first-order valence-corrected chi connectivity index (χ1v) is 7.72. The molecule has 1 amide bonds. The summed E-state index contributed by atoms with van der Waals surface area (Å²) in [5, 5.41) is 12.4. The molecule has 2 heterocycles. The molecule has 8 heteroatoms. The SMILES string of the molecule is COc1ccc(N(C)C(=O)C(C)n2nnc(-c3ccccc3)n2)cn1. The maximum absolute atomic E-state index is 12.7. The van der Waals surface area contributed by atoms with Gasteiger partial charge in [-0.3, -0.25) is 4.79 Å². The van der Waals surface area contributed by atoms with Crippen LogP contribution in [-0.4, -0.2) is 45.3 Å². The van der Waals surface area contributed by atoms with Crippen LogP contribution in [0.15, 0.2) is 48.7 Å². The summed E-state index contributed by atoms with van der Waals surface area (Å²) in [5.74, 6) is 0.793. The molecular formula is C17H18N6O2. The highest BCUT2D eigenvalue weighted by Gasteiger charge is 2.23. The summed E-state index contributed by atoms with van der Waals surface area (Å²) in [6.45, 7) is 1.73. The highest BCUT2D eigenvalue weighted by atomic mass is 16.5. The van der Waals surface area contributed by atoms with Crippen LogP contribution in [-0.2, 0) is 4.79 Å². The van der Waals surface area contributed by atoms with E-state index in [1.54, 1.807) is 39.4 Å².